The van der Waals surface area contributed by atoms with Gasteiger partial charge in [0.15, 0.2) is 0 Å². The van der Waals surface area contributed by atoms with E-state index < -0.39 is 10.0 Å². The third-order valence-electron chi connectivity index (χ3n) is 5.37. The van der Waals surface area contributed by atoms with Crippen LogP contribution >= 0.6 is 11.6 Å². The Bertz CT molecular complexity index is 933. The maximum atomic E-state index is 12.7. The first-order valence-corrected chi connectivity index (χ1v) is 11.7. The molecule has 1 fully saturated rings. The van der Waals surface area contributed by atoms with Crippen LogP contribution in [0.4, 0.5) is 4.79 Å². The second kappa shape index (κ2) is 8.75. The van der Waals surface area contributed by atoms with Gasteiger partial charge in [0.05, 0.1) is 0 Å². The van der Waals surface area contributed by atoms with E-state index in [9.17, 15) is 13.2 Å². The highest BCUT2D eigenvalue weighted by molar-refractivity contribution is 8.00. The van der Waals surface area contributed by atoms with E-state index in [0.717, 1.165) is 19.3 Å². The van der Waals surface area contributed by atoms with E-state index in [2.05, 4.69) is 15.0 Å². The summed E-state index contributed by atoms with van der Waals surface area (Å²) in [7, 11) is -3.75. The molecule has 1 saturated heterocycles. The summed E-state index contributed by atoms with van der Waals surface area (Å²) >= 11 is 5.93. The SMILES string of the molecule is CC[C@@H](C)NC(=O)NC1CCN(C2=NS(=O)(=O)C(c3ccc(Cl)cc3)=C2C)CC1. The zero-order valence-corrected chi connectivity index (χ0v) is 18.5. The number of hydrogen-bond donors (Lipinski definition) is 2. The molecule has 7 nitrogen and oxygen atoms in total. The normalized spacial score (nSPS) is 20.4. The zero-order valence-electron chi connectivity index (χ0n) is 16.9. The molecule has 158 valence electrons. The fourth-order valence-corrected chi connectivity index (χ4v) is 5.18. The van der Waals surface area contributed by atoms with Gasteiger partial charge in [0, 0.05) is 35.8 Å². The molecule has 2 N–H and O–H groups in total. The molecule has 0 saturated carbocycles. The Morgan fingerprint density at radius 1 is 1.28 bits per heavy atom. The second-order valence-corrected chi connectivity index (χ2v) is 9.52. The first kappa shape index (κ1) is 21.6. The smallest absolute Gasteiger partial charge is 0.315 e. The number of nitrogens with one attached hydrogen (secondary N) is 2. The summed E-state index contributed by atoms with van der Waals surface area (Å²) < 4.78 is 29.4. The van der Waals surface area contributed by atoms with Crippen molar-refractivity contribution >= 4 is 38.4 Å². The maximum Gasteiger partial charge on any atom is 0.315 e. The van der Waals surface area contributed by atoms with Crippen molar-refractivity contribution in [1.29, 1.82) is 0 Å². The third-order valence-corrected chi connectivity index (χ3v) is 7.09. The van der Waals surface area contributed by atoms with Crippen LogP contribution in [0, 0.1) is 0 Å². The molecule has 0 radical (unpaired) electrons. The Kier molecular flexibility index (Phi) is 6.53. The lowest BCUT2D eigenvalue weighted by Crippen LogP contribution is -2.50. The van der Waals surface area contributed by atoms with Crippen molar-refractivity contribution in [1.82, 2.24) is 15.5 Å². The number of benzene rings is 1. The van der Waals surface area contributed by atoms with Crippen LogP contribution in [0.5, 0.6) is 0 Å². The molecular weight excluding hydrogens is 412 g/mol. The van der Waals surface area contributed by atoms with Gasteiger partial charge in [-0.05, 0) is 50.8 Å². The molecule has 9 heteroatoms. The summed E-state index contributed by atoms with van der Waals surface area (Å²) in [6.07, 6.45) is 2.34. The molecule has 0 spiro atoms. The number of amidine groups is 1. The number of piperidine rings is 1. The van der Waals surface area contributed by atoms with Crippen molar-refractivity contribution in [3.05, 3.63) is 40.4 Å². The van der Waals surface area contributed by atoms with Crippen LogP contribution in [0.2, 0.25) is 5.02 Å². The number of amides is 2. The molecule has 2 aliphatic rings. The van der Waals surface area contributed by atoms with Crippen molar-refractivity contribution in [2.45, 2.75) is 52.1 Å². The quantitative estimate of drug-likeness (QED) is 0.753. The molecule has 3 rings (SSSR count). The lowest BCUT2D eigenvalue weighted by atomic mass is 10.0. The highest BCUT2D eigenvalue weighted by Gasteiger charge is 2.35. The first-order valence-electron chi connectivity index (χ1n) is 9.85. The summed E-state index contributed by atoms with van der Waals surface area (Å²) in [5.41, 5.74) is 1.23. The summed E-state index contributed by atoms with van der Waals surface area (Å²) in [6.45, 7) is 7.04. The van der Waals surface area contributed by atoms with Crippen molar-refractivity contribution in [2.75, 3.05) is 13.1 Å². The van der Waals surface area contributed by atoms with Crippen LogP contribution in [0.3, 0.4) is 0 Å². The summed E-state index contributed by atoms with van der Waals surface area (Å²) in [4.78, 5) is 14.2. The van der Waals surface area contributed by atoms with Gasteiger partial charge in [0.25, 0.3) is 10.0 Å². The van der Waals surface area contributed by atoms with E-state index in [4.69, 9.17) is 11.6 Å². The van der Waals surface area contributed by atoms with Gasteiger partial charge in [-0.2, -0.15) is 8.42 Å². The minimum Gasteiger partial charge on any atom is -0.356 e. The van der Waals surface area contributed by atoms with E-state index in [0.29, 0.717) is 35.1 Å². The number of carbonyl (C=O) groups is 1. The third kappa shape index (κ3) is 4.93. The van der Waals surface area contributed by atoms with Crippen LogP contribution in [0.15, 0.2) is 34.2 Å². The van der Waals surface area contributed by atoms with E-state index in [1.165, 1.54) is 0 Å². The molecule has 29 heavy (non-hydrogen) atoms. The molecule has 0 bridgehead atoms. The van der Waals surface area contributed by atoms with E-state index >= 15 is 0 Å². The highest BCUT2D eigenvalue weighted by Crippen LogP contribution is 2.34. The van der Waals surface area contributed by atoms with Crippen LogP contribution in [0.25, 0.3) is 4.91 Å². The molecule has 2 aliphatic heterocycles. The van der Waals surface area contributed by atoms with Gasteiger partial charge < -0.3 is 15.5 Å². The summed E-state index contributed by atoms with van der Waals surface area (Å²) in [5.74, 6) is 0.498. The van der Waals surface area contributed by atoms with Gasteiger partial charge in [-0.1, -0.05) is 30.7 Å². The Labute approximate surface area is 177 Å². The van der Waals surface area contributed by atoms with E-state index in [-0.39, 0.29) is 23.0 Å². The number of nitrogens with zero attached hydrogens (tertiary/aromatic N) is 2. The fraction of sp³-hybridized carbons (Fsp3) is 0.500. The first-order chi connectivity index (χ1) is 13.7. The number of hydrogen-bond acceptors (Lipinski definition) is 4. The molecule has 1 aromatic carbocycles. The van der Waals surface area contributed by atoms with Crippen molar-refractivity contribution in [3.8, 4) is 0 Å². The highest BCUT2D eigenvalue weighted by atomic mass is 35.5. The predicted octanol–water partition coefficient (Wildman–Crippen LogP) is 3.38. The molecular formula is C20H27ClN4O3S. The van der Waals surface area contributed by atoms with Crippen LogP contribution in [-0.4, -0.2) is 50.4 Å². The van der Waals surface area contributed by atoms with Gasteiger partial charge in [0.1, 0.15) is 10.7 Å². The maximum absolute atomic E-state index is 12.7. The van der Waals surface area contributed by atoms with Crippen molar-refractivity contribution in [2.24, 2.45) is 4.40 Å². The Morgan fingerprint density at radius 3 is 2.48 bits per heavy atom. The fourth-order valence-electron chi connectivity index (χ4n) is 3.57. The molecule has 1 atom stereocenters. The molecule has 0 aliphatic carbocycles. The minimum atomic E-state index is -3.75. The number of halogens is 1. The van der Waals surface area contributed by atoms with Crippen molar-refractivity contribution < 1.29 is 13.2 Å². The average molecular weight is 439 g/mol. The van der Waals surface area contributed by atoms with Gasteiger partial charge in [0.2, 0.25) is 0 Å². The monoisotopic (exact) mass is 438 g/mol. The van der Waals surface area contributed by atoms with E-state index in [1.807, 2.05) is 18.7 Å². The van der Waals surface area contributed by atoms with Gasteiger partial charge in [-0.15, -0.1) is 4.40 Å². The number of rotatable bonds is 4. The van der Waals surface area contributed by atoms with E-state index in [1.54, 1.807) is 31.2 Å². The van der Waals surface area contributed by atoms with Crippen LogP contribution in [0.1, 0.15) is 45.6 Å². The number of carbonyl (C=O) groups excluding carboxylic acids is 1. The van der Waals surface area contributed by atoms with Crippen LogP contribution in [-0.2, 0) is 10.0 Å². The molecule has 0 aromatic heterocycles. The standard InChI is InChI=1S/C20H27ClN4O3S/c1-4-13(2)22-20(26)23-17-9-11-25(12-10-17)19-14(3)18(29(27,28)24-19)15-5-7-16(21)8-6-15/h5-8,13,17H,4,9-12H2,1-3H3,(H2,22,23,26)/t13-/m1/s1. The zero-order chi connectivity index (χ0) is 21.2. The van der Waals surface area contributed by atoms with Crippen molar-refractivity contribution in [3.63, 3.8) is 0 Å². The molecule has 2 heterocycles. The largest absolute Gasteiger partial charge is 0.356 e. The Balaban J connectivity index is 1.68. The van der Waals surface area contributed by atoms with Crippen LogP contribution < -0.4 is 10.6 Å². The molecule has 2 amide bonds. The Morgan fingerprint density at radius 2 is 1.90 bits per heavy atom. The van der Waals surface area contributed by atoms with Gasteiger partial charge in [-0.25, -0.2) is 4.79 Å². The summed E-state index contributed by atoms with van der Waals surface area (Å²) in [5, 5.41) is 6.46. The minimum absolute atomic E-state index is 0.0638. The average Bonchev–Trinajstić information content (AvgIpc) is 2.92. The van der Waals surface area contributed by atoms with Gasteiger partial charge >= 0.3 is 6.03 Å². The number of likely N-dealkylation sites (tertiary alicyclic amines) is 1. The lowest BCUT2D eigenvalue weighted by Gasteiger charge is -2.34. The molecule has 1 aromatic rings. The van der Waals surface area contributed by atoms with Gasteiger partial charge in [-0.3, -0.25) is 0 Å². The lowest BCUT2D eigenvalue weighted by molar-refractivity contribution is 0.223. The Hall–Kier alpha value is -2.06. The predicted molar refractivity (Wildman–Crippen MR) is 116 cm³/mol. The molecule has 0 unspecified atom stereocenters. The summed E-state index contributed by atoms with van der Waals surface area (Å²) in [6, 6.07) is 6.78. The number of sulfonamides is 1. The number of urea groups is 1. The topological polar surface area (TPSA) is 90.9 Å². The second-order valence-electron chi connectivity index (χ2n) is 7.54.